The third kappa shape index (κ3) is 3.55. The van der Waals surface area contributed by atoms with Crippen molar-refractivity contribution in [2.75, 3.05) is 19.0 Å². The molecule has 0 fully saturated rings. The predicted molar refractivity (Wildman–Crippen MR) is 64.0 cm³/mol. The van der Waals surface area contributed by atoms with Gasteiger partial charge in [-0.15, -0.1) is 0 Å². The molecular formula is C12H18N2O2. The summed E-state index contributed by atoms with van der Waals surface area (Å²) in [5.41, 5.74) is 7.25. The van der Waals surface area contributed by atoms with Crippen molar-refractivity contribution in [2.45, 2.75) is 13.5 Å². The van der Waals surface area contributed by atoms with Gasteiger partial charge in [-0.2, -0.15) is 0 Å². The van der Waals surface area contributed by atoms with Crippen LogP contribution in [0.25, 0.3) is 0 Å². The van der Waals surface area contributed by atoms with E-state index in [0.717, 1.165) is 11.3 Å². The molecule has 0 saturated heterocycles. The van der Waals surface area contributed by atoms with Crippen LogP contribution in [0.15, 0.2) is 24.3 Å². The van der Waals surface area contributed by atoms with Crippen molar-refractivity contribution in [3.8, 4) is 0 Å². The lowest BCUT2D eigenvalue weighted by atomic mass is 10.1. The summed E-state index contributed by atoms with van der Waals surface area (Å²) in [5.74, 6) is -0.479. The van der Waals surface area contributed by atoms with Crippen LogP contribution < -0.4 is 11.1 Å². The molecule has 3 N–H and O–H groups in total. The van der Waals surface area contributed by atoms with E-state index < -0.39 is 0 Å². The molecule has 0 radical (unpaired) electrons. The Balaban J connectivity index is 2.62. The maximum absolute atomic E-state index is 10.9. The number of nitrogens with one attached hydrogen (secondary N) is 1. The molecule has 0 aromatic heterocycles. The molecule has 0 aliphatic heterocycles. The Hall–Kier alpha value is -1.55. The van der Waals surface area contributed by atoms with E-state index in [9.17, 15) is 4.79 Å². The van der Waals surface area contributed by atoms with Crippen molar-refractivity contribution in [1.82, 2.24) is 0 Å². The molecule has 1 aromatic rings. The molecule has 0 spiro atoms. The normalized spacial score (nSPS) is 12.1. The smallest absolute Gasteiger partial charge is 0.222 e. The summed E-state index contributed by atoms with van der Waals surface area (Å²) >= 11 is 0. The molecule has 0 bridgehead atoms. The van der Waals surface area contributed by atoms with E-state index in [-0.39, 0.29) is 11.8 Å². The van der Waals surface area contributed by atoms with Gasteiger partial charge in [0.1, 0.15) is 0 Å². The number of hydrogen-bond acceptors (Lipinski definition) is 3. The SMILES string of the molecule is COCc1ccccc1NCC(C)C(N)=O. The van der Waals surface area contributed by atoms with E-state index in [0.29, 0.717) is 13.2 Å². The summed E-state index contributed by atoms with van der Waals surface area (Å²) in [6.07, 6.45) is 0. The molecule has 0 aliphatic rings. The standard InChI is InChI=1S/C12H18N2O2/c1-9(12(13)15)7-14-11-6-4-3-5-10(11)8-16-2/h3-6,9,14H,7-8H2,1-2H3,(H2,13,15). The first-order valence-electron chi connectivity index (χ1n) is 5.25. The third-order valence-corrected chi connectivity index (χ3v) is 2.40. The number of methoxy groups -OCH3 is 1. The Bertz CT molecular complexity index is 353. The molecule has 1 rings (SSSR count). The topological polar surface area (TPSA) is 64.3 Å². The molecule has 0 saturated carbocycles. The second-order valence-electron chi connectivity index (χ2n) is 3.77. The lowest BCUT2D eigenvalue weighted by Crippen LogP contribution is -2.27. The van der Waals surface area contributed by atoms with E-state index in [1.165, 1.54) is 0 Å². The molecule has 1 unspecified atom stereocenters. The number of carbonyl (C=O) groups excluding carboxylic acids is 1. The maximum atomic E-state index is 10.9. The molecule has 0 aliphatic carbocycles. The van der Waals surface area contributed by atoms with Crippen molar-refractivity contribution >= 4 is 11.6 Å². The number of para-hydroxylation sites is 1. The number of ether oxygens (including phenoxy) is 1. The number of benzene rings is 1. The maximum Gasteiger partial charge on any atom is 0.222 e. The van der Waals surface area contributed by atoms with E-state index in [1.807, 2.05) is 24.3 Å². The average Bonchev–Trinajstić information content (AvgIpc) is 2.27. The molecule has 1 amide bonds. The highest BCUT2D eigenvalue weighted by Gasteiger charge is 2.09. The van der Waals surface area contributed by atoms with Crippen LogP contribution in [-0.4, -0.2) is 19.6 Å². The first-order chi connectivity index (χ1) is 7.65. The number of primary amides is 1. The van der Waals surface area contributed by atoms with Crippen LogP contribution in [0.3, 0.4) is 0 Å². The second kappa shape index (κ2) is 6.12. The molecule has 1 atom stereocenters. The molecule has 0 heterocycles. The first-order valence-corrected chi connectivity index (χ1v) is 5.25. The van der Waals surface area contributed by atoms with Crippen molar-refractivity contribution in [2.24, 2.45) is 11.7 Å². The molecule has 16 heavy (non-hydrogen) atoms. The Morgan fingerprint density at radius 3 is 2.81 bits per heavy atom. The van der Waals surface area contributed by atoms with Crippen LogP contribution in [0.5, 0.6) is 0 Å². The van der Waals surface area contributed by atoms with Crippen LogP contribution in [0.2, 0.25) is 0 Å². The van der Waals surface area contributed by atoms with Gasteiger partial charge in [0, 0.05) is 24.9 Å². The van der Waals surface area contributed by atoms with Gasteiger partial charge in [-0.05, 0) is 6.07 Å². The zero-order chi connectivity index (χ0) is 12.0. The van der Waals surface area contributed by atoms with Crippen LogP contribution in [0.4, 0.5) is 5.69 Å². The molecule has 4 heteroatoms. The van der Waals surface area contributed by atoms with E-state index >= 15 is 0 Å². The zero-order valence-electron chi connectivity index (χ0n) is 9.69. The summed E-state index contributed by atoms with van der Waals surface area (Å²) in [4.78, 5) is 10.9. The van der Waals surface area contributed by atoms with Crippen LogP contribution in [0, 0.1) is 5.92 Å². The number of nitrogens with two attached hydrogens (primary N) is 1. The molecule has 88 valence electrons. The van der Waals surface area contributed by atoms with E-state index in [2.05, 4.69) is 5.32 Å². The van der Waals surface area contributed by atoms with Gasteiger partial charge >= 0.3 is 0 Å². The second-order valence-corrected chi connectivity index (χ2v) is 3.77. The fraction of sp³-hybridized carbons (Fsp3) is 0.417. The van der Waals surface area contributed by atoms with Crippen molar-refractivity contribution in [3.05, 3.63) is 29.8 Å². The Morgan fingerprint density at radius 1 is 1.50 bits per heavy atom. The Morgan fingerprint density at radius 2 is 2.19 bits per heavy atom. The average molecular weight is 222 g/mol. The summed E-state index contributed by atoms with van der Waals surface area (Å²) in [6, 6.07) is 7.84. The number of carbonyl (C=O) groups is 1. The fourth-order valence-corrected chi connectivity index (χ4v) is 1.34. The molecular weight excluding hydrogens is 204 g/mol. The predicted octanol–water partition coefficient (Wildman–Crippen LogP) is 1.37. The molecule has 4 nitrogen and oxygen atoms in total. The fourth-order valence-electron chi connectivity index (χ4n) is 1.34. The van der Waals surface area contributed by atoms with Gasteiger partial charge in [0.05, 0.1) is 12.5 Å². The van der Waals surface area contributed by atoms with Gasteiger partial charge in [0.2, 0.25) is 5.91 Å². The number of hydrogen-bond donors (Lipinski definition) is 2. The highest BCUT2D eigenvalue weighted by molar-refractivity contribution is 5.76. The minimum Gasteiger partial charge on any atom is -0.384 e. The minimum absolute atomic E-state index is 0.185. The lowest BCUT2D eigenvalue weighted by molar-refractivity contribution is -0.120. The monoisotopic (exact) mass is 222 g/mol. The zero-order valence-corrected chi connectivity index (χ0v) is 9.69. The first kappa shape index (κ1) is 12.5. The van der Waals surface area contributed by atoms with E-state index in [4.69, 9.17) is 10.5 Å². The van der Waals surface area contributed by atoms with Gasteiger partial charge in [-0.25, -0.2) is 0 Å². The summed E-state index contributed by atoms with van der Waals surface area (Å²) in [7, 11) is 1.66. The van der Waals surface area contributed by atoms with Gasteiger partial charge in [-0.3, -0.25) is 4.79 Å². The minimum atomic E-state index is -0.295. The van der Waals surface area contributed by atoms with Gasteiger partial charge in [0.25, 0.3) is 0 Å². The summed E-state index contributed by atoms with van der Waals surface area (Å²) < 4.78 is 5.09. The quantitative estimate of drug-likeness (QED) is 0.764. The largest absolute Gasteiger partial charge is 0.384 e. The number of rotatable bonds is 6. The van der Waals surface area contributed by atoms with Gasteiger partial charge < -0.3 is 15.8 Å². The van der Waals surface area contributed by atoms with Crippen LogP contribution in [0.1, 0.15) is 12.5 Å². The van der Waals surface area contributed by atoms with Crippen LogP contribution >= 0.6 is 0 Å². The summed E-state index contributed by atoms with van der Waals surface area (Å²) in [6.45, 7) is 2.89. The Kier molecular flexibility index (Phi) is 4.79. The van der Waals surface area contributed by atoms with Crippen molar-refractivity contribution in [3.63, 3.8) is 0 Å². The highest BCUT2D eigenvalue weighted by Crippen LogP contribution is 2.16. The lowest BCUT2D eigenvalue weighted by Gasteiger charge is -2.13. The number of anilines is 1. The molecule has 1 aromatic carbocycles. The Labute approximate surface area is 95.8 Å². The van der Waals surface area contributed by atoms with Gasteiger partial charge in [0.15, 0.2) is 0 Å². The van der Waals surface area contributed by atoms with Crippen LogP contribution in [-0.2, 0) is 16.1 Å². The van der Waals surface area contributed by atoms with Crippen molar-refractivity contribution in [1.29, 1.82) is 0 Å². The highest BCUT2D eigenvalue weighted by atomic mass is 16.5. The van der Waals surface area contributed by atoms with E-state index in [1.54, 1.807) is 14.0 Å². The number of amides is 1. The third-order valence-electron chi connectivity index (χ3n) is 2.40. The summed E-state index contributed by atoms with van der Waals surface area (Å²) in [5, 5.41) is 3.20. The van der Waals surface area contributed by atoms with Crippen molar-refractivity contribution < 1.29 is 9.53 Å². The van der Waals surface area contributed by atoms with Gasteiger partial charge in [-0.1, -0.05) is 25.1 Å².